The van der Waals surface area contributed by atoms with Gasteiger partial charge in [0.25, 0.3) is 0 Å². The first kappa shape index (κ1) is 9.68. The number of ketones is 1. The van der Waals surface area contributed by atoms with E-state index in [1.54, 1.807) is 0 Å². The minimum absolute atomic E-state index is 0.151. The molecule has 1 N–H and O–H groups in total. The maximum absolute atomic E-state index is 11.4. The molecule has 1 rings (SSSR count). The fraction of sp³-hybridized carbons (Fsp3) is 0.889. The van der Waals surface area contributed by atoms with Crippen LogP contribution >= 0.6 is 0 Å². The van der Waals surface area contributed by atoms with Gasteiger partial charge < -0.3 is 10.1 Å². The zero-order valence-corrected chi connectivity index (χ0v) is 7.64. The Morgan fingerprint density at radius 1 is 1.67 bits per heavy atom. The number of Topliss-reactive ketones (excluding diaryl/α,β-unsaturated/α-hetero) is 1. The van der Waals surface area contributed by atoms with Gasteiger partial charge >= 0.3 is 0 Å². The molecule has 0 aromatic heterocycles. The van der Waals surface area contributed by atoms with Gasteiger partial charge in [0.15, 0.2) is 5.78 Å². The molecule has 0 aromatic rings. The number of hydrogen-bond donors (Lipinski definition) is 1. The number of ether oxygens (including phenoxy) is 1. The molecule has 3 nitrogen and oxygen atoms in total. The van der Waals surface area contributed by atoms with Gasteiger partial charge in [-0.1, -0.05) is 6.92 Å². The Bertz CT molecular complexity index is 141. The zero-order valence-electron chi connectivity index (χ0n) is 7.64. The topological polar surface area (TPSA) is 38.3 Å². The zero-order chi connectivity index (χ0) is 8.81. The Labute approximate surface area is 73.5 Å². The highest BCUT2D eigenvalue weighted by atomic mass is 16.5. The second-order valence-corrected chi connectivity index (χ2v) is 3.16. The van der Waals surface area contributed by atoms with Crippen molar-refractivity contribution < 1.29 is 9.53 Å². The minimum atomic E-state index is 0.151. The Hall–Kier alpha value is -0.410. The second-order valence-electron chi connectivity index (χ2n) is 3.16. The van der Waals surface area contributed by atoms with E-state index in [0.29, 0.717) is 18.9 Å². The highest BCUT2D eigenvalue weighted by molar-refractivity contribution is 5.83. The van der Waals surface area contributed by atoms with Crippen molar-refractivity contribution >= 4 is 5.78 Å². The molecule has 0 radical (unpaired) electrons. The number of likely N-dealkylation sites (N-methyl/N-ethyl adjacent to an activating group) is 1. The monoisotopic (exact) mass is 171 g/mol. The van der Waals surface area contributed by atoms with Crippen LogP contribution in [0.1, 0.15) is 19.8 Å². The quantitative estimate of drug-likeness (QED) is 0.673. The smallest absolute Gasteiger partial charge is 0.151 e. The summed E-state index contributed by atoms with van der Waals surface area (Å²) in [5, 5.41) is 3.04. The molecule has 0 aromatic carbocycles. The van der Waals surface area contributed by atoms with Gasteiger partial charge in [0.1, 0.15) is 0 Å². The van der Waals surface area contributed by atoms with Crippen LogP contribution in [0.5, 0.6) is 0 Å². The minimum Gasteiger partial charge on any atom is -0.381 e. The normalized spacial score (nSPS) is 23.9. The molecular weight excluding hydrogens is 154 g/mol. The van der Waals surface area contributed by atoms with Gasteiger partial charge in [0.2, 0.25) is 0 Å². The highest BCUT2D eigenvalue weighted by Crippen LogP contribution is 2.13. The largest absolute Gasteiger partial charge is 0.381 e. The summed E-state index contributed by atoms with van der Waals surface area (Å²) < 4.78 is 5.23. The Kier molecular flexibility index (Phi) is 4.25. The third kappa shape index (κ3) is 2.91. The number of rotatable bonds is 4. The van der Waals surface area contributed by atoms with Crippen LogP contribution in [0.2, 0.25) is 0 Å². The molecule has 0 saturated carbocycles. The molecule has 0 spiro atoms. The van der Waals surface area contributed by atoms with Crippen LogP contribution < -0.4 is 5.32 Å². The number of carbonyl (C=O) groups excluding carboxylic acids is 1. The van der Waals surface area contributed by atoms with E-state index >= 15 is 0 Å². The van der Waals surface area contributed by atoms with Gasteiger partial charge in [-0.05, 0) is 19.4 Å². The van der Waals surface area contributed by atoms with Crippen molar-refractivity contribution in [3.05, 3.63) is 0 Å². The summed E-state index contributed by atoms with van der Waals surface area (Å²) in [7, 11) is 0. The third-order valence-electron chi connectivity index (χ3n) is 2.16. The number of carbonyl (C=O) groups is 1. The average Bonchev–Trinajstić information content (AvgIpc) is 2.15. The predicted molar refractivity (Wildman–Crippen MR) is 47.1 cm³/mol. The summed E-state index contributed by atoms with van der Waals surface area (Å²) in [6.45, 7) is 4.82. The molecule has 12 heavy (non-hydrogen) atoms. The van der Waals surface area contributed by atoms with Gasteiger partial charge in [-0.25, -0.2) is 0 Å². The van der Waals surface area contributed by atoms with Crippen molar-refractivity contribution in [2.75, 3.05) is 26.3 Å². The van der Waals surface area contributed by atoms with Gasteiger partial charge in [-0.3, -0.25) is 4.79 Å². The van der Waals surface area contributed by atoms with E-state index in [1.807, 2.05) is 6.92 Å². The first-order chi connectivity index (χ1) is 5.84. The lowest BCUT2D eigenvalue weighted by molar-refractivity contribution is -0.125. The average molecular weight is 171 g/mol. The molecule has 0 aliphatic carbocycles. The van der Waals surface area contributed by atoms with Crippen LogP contribution in [0.15, 0.2) is 0 Å². The molecule has 1 fully saturated rings. The lowest BCUT2D eigenvalue weighted by Crippen LogP contribution is -2.32. The molecule has 0 amide bonds. The Balaban J connectivity index is 2.20. The predicted octanol–water partition coefficient (Wildman–Crippen LogP) is 0.592. The fourth-order valence-electron chi connectivity index (χ4n) is 1.39. The Morgan fingerprint density at radius 2 is 2.50 bits per heavy atom. The molecule has 70 valence electrons. The van der Waals surface area contributed by atoms with E-state index < -0.39 is 0 Å². The number of hydrogen-bond acceptors (Lipinski definition) is 3. The first-order valence-electron chi connectivity index (χ1n) is 4.65. The van der Waals surface area contributed by atoms with Crippen LogP contribution in [-0.2, 0) is 9.53 Å². The van der Waals surface area contributed by atoms with Crippen molar-refractivity contribution in [1.82, 2.24) is 5.32 Å². The third-order valence-corrected chi connectivity index (χ3v) is 2.16. The second kappa shape index (κ2) is 5.27. The van der Waals surface area contributed by atoms with Crippen LogP contribution in [-0.4, -0.2) is 32.1 Å². The maximum Gasteiger partial charge on any atom is 0.151 e. The van der Waals surface area contributed by atoms with Gasteiger partial charge in [0, 0.05) is 12.5 Å². The standard InChI is InChI=1S/C9H17NO2/c1-2-10-6-9(11)8-4-3-5-12-7-8/h8,10H,2-7H2,1H3. The number of nitrogens with one attached hydrogen (secondary N) is 1. The van der Waals surface area contributed by atoms with E-state index in [-0.39, 0.29) is 5.92 Å². The van der Waals surface area contributed by atoms with Gasteiger partial charge in [-0.2, -0.15) is 0 Å². The molecular formula is C9H17NO2. The summed E-state index contributed by atoms with van der Waals surface area (Å²) in [6, 6.07) is 0. The molecule has 1 heterocycles. The van der Waals surface area contributed by atoms with E-state index in [0.717, 1.165) is 26.0 Å². The maximum atomic E-state index is 11.4. The van der Waals surface area contributed by atoms with Crippen molar-refractivity contribution in [2.24, 2.45) is 5.92 Å². The van der Waals surface area contributed by atoms with E-state index in [4.69, 9.17) is 4.74 Å². The lowest BCUT2D eigenvalue weighted by Gasteiger charge is -2.20. The lowest BCUT2D eigenvalue weighted by atomic mass is 9.97. The Morgan fingerprint density at radius 3 is 3.08 bits per heavy atom. The van der Waals surface area contributed by atoms with E-state index in [9.17, 15) is 4.79 Å². The van der Waals surface area contributed by atoms with Crippen molar-refractivity contribution in [2.45, 2.75) is 19.8 Å². The van der Waals surface area contributed by atoms with Crippen LogP contribution in [0, 0.1) is 5.92 Å². The van der Waals surface area contributed by atoms with E-state index in [2.05, 4.69) is 5.32 Å². The molecule has 1 aliphatic rings. The van der Waals surface area contributed by atoms with E-state index in [1.165, 1.54) is 0 Å². The molecule has 0 bridgehead atoms. The first-order valence-corrected chi connectivity index (χ1v) is 4.65. The summed E-state index contributed by atoms with van der Waals surface area (Å²) >= 11 is 0. The van der Waals surface area contributed by atoms with Crippen LogP contribution in [0.3, 0.4) is 0 Å². The SMILES string of the molecule is CCNCC(=O)C1CCCOC1. The molecule has 1 aliphatic heterocycles. The van der Waals surface area contributed by atoms with Crippen LogP contribution in [0.4, 0.5) is 0 Å². The summed E-state index contributed by atoms with van der Waals surface area (Å²) in [5.41, 5.74) is 0. The highest BCUT2D eigenvalue weighted by Gasteiger charge is 2.20. The van der Waals surface area contributed by atoms with Crippen LogP contribution in [0.25, 0.3) is 0 Å². The molecule has 3 heteroatoms. The molecule has 1 atom stereocenters. The summed E-state index contributed by atoms with van der Waals surface area (Å²) in [4.78, 5) is 11.4. The summed E-state index contributed by atoms with van der Waals surface area (Å²) in [5.74, 6) is 0.453. The fourth-order valence-corrected chi connectivity index (χ4v) is 1.39. The summed E-state index contributed by atoms with van der Waals surface area (Å²) in [6.07, 6.45) is 2.03. The van der Waals surface area contributed by atoms with Crippen molar-refractivity contribution in [3.63, 3.8) is 0 Å². The van der Waals surface area contributed by atoms with Gasteiger partial charge in [-0.15, -0.1) is 0 Å². The van der Waals surface area contributed by atoms with Crippen molar-refractivity contribution in [3.8, 4) is 0 Å². The molecule has 1 saturated heterocycles. The molecule has 1 unspecified atom stereocenters. The van der Waals surface area contributed by atoms with Gasteiger partial charge in [0.05, 0.1) is 13.2 Å². The van der Waals surface area contributed by atoms with Crippen molar-refractivity contribution in [1.29, 1.82) is 0 Å².